The maximum Gasteiger partial charge on any atom is 0.171 e. The summed E-state index contributed by atoms with van der Waals surface area (Å²) in [7, 11) is 1.34. The Morgan fingerprint density at radius 2 is 1.93 bits per heavy atom. The van der Waals surface area contributed by atoms with Crippen molar-refractivity contribution in [3.63, 3.8) is 0 Å². The van der Waals surface area contributed by atoms with Gasteiger partial charge in [-0.2, -0.15) is 0 Å². The Morgan fingerprint density at radius 3 is 2.40 bits per heavy atom. The summed E-state index contributed by atoms with van der Waals surface area (Å²) in [6.45, 7) is 3.43. The number of halogens is 2. The molecular formula is C11H15F2NO. The topological polar surface area (TPSA) is 35.2 Å². The predicted molar refractivity (Wildman–Crippen MR) is 54.9 cm³/mol. The van der Waals surface area contributed by atoms with Crippen LogP contribution < -0.4 is 10.5 Å². The monoisotopic (exact) mass is 215 g/mol. The first-order valence-corrected chi connectivity index (χ1v) is 4.65. The van der Waals surface area contributed by atoms with Crippen molar-refractivity contribution < 1.29 is 13.5 Å². The average Bonchev–Trinajstić information content (AvgIpc) is 2.11. The fourth-order valence-corrected chi connectivity index (χ4v) is 1.35. The van der Waals surface area contributed by atoms with Crippen molar-refractivity contribution in [1.29, 1.82) is 0 Å². The molecule has 1 aromatic rings. The van der Waals surface area contributed by atoms with Gasteiger partial charge in [-0.15, -0.1) is 0 Å². The van der Waals surface area contributed by atoms with E-state index < -0.39 is 17.2 Å². The molecule has 0 bridgehead atoms. The summed E-state index contributed by atoms with van der Waals surface area (Å²) in [4.78, 5) is 0. The van der Waals surface area contributed by atoms with E-state index in [4.69, 9.17) is 10.5 Å². The lowest BCUT2D eigenvalue weighted by molar-refractivity contribution is 0.376. The lowest BCUT2D eigenvalue weighted by Crippen LogP contribution is -2.35. The molecule has 0 saturated heterocycles. The molecule has 0 spiro atoms. The number of benzene rings is 1. The zero-order valence-corrected chi connectivity index (χ0v) is 9.10. The maximum atomic E-state index is 13.6. The summed E-state index contributed by atoms with van der Waals surface area (Å²) in [6.07, 6.45) is 0.127. The summed E-state index contributed by atoms with van der Waals surface area (Å²) >= 11 is 0. The molecule has 1 rings (SSSR count). The third-order valence-electron chi connectivity index (χ3n) is 2.00. The molecule has 0 radical (unpaired) electrons. The first-order valence-electron chi connectivity index (χ1n) is 4.65. The largest absolute Gasteiger partial charge is 0.494 e. The van der Waals surface area contributed by atoms with Gasteiger partial charge in [-0.05, 0) is 32.4 Å². The minimum absolute atomic E-state index is 0.0261. The molecule has 4 heteroatoms. The highest BCUT2D eigenvalue weighted by Crippen LogP contribution is 2.25. The van der Waals surface area contributed by atoms with Crippen molar-refractivity contribution in [3.05, 3.63) is 29.3 Å². The van der Waals surface area contributed by atoms with Crippen molar-refractivity contribution in [3.8, 4) is 5.75 Å². The van der Waals surface area contributed by atoms with E-state index in [0.29, 0.717) is 0 Å². The SMILES string of the molecule is COc1ccc(F)c(CC(C)(C)N)c1F. The van der Waals surface area contributed by atoms with Crippen LogP contribution in [0.3, 0.4) is 0 Å². The van der Waals surface area contributed by atoms with Crippen LogP contribution in [0.2, 0.25) is 0 Å². The van der Waals surface area contributed by atoms with Gasteiger partial charge in [-0.3, -0.25) is 0 Å². The van der Waals surface area contributed by atoms with Gasteiger partial charge in [0.15, 0.2) is 11.6 Å². The molecule has 0 fully saturated rings. The third kappa shape index (κ3) is 2.89. The molecule has 2 N–H and O–H groups in total. The van der Waals surface area contributed by atoms with E-state index in [0.717, 1.165) is 0 Å². The van der Waals surface area contributed by atoms with Crippen molar-refractivity contribution >= 4 is 0 Å². The zero-order valence-electron chi connectivity index (χ0n) is 9.10. The van der Waals surface area contributed by atoms with Crippen LogP contribution in [0, 0.1) is 11.6 Å². The highest BCUT2D eigenvalue weighted by molar-refractivity contribution is 5.33. The smallest absolute Gasteiger partial charge is 0.171 e. The normalized spacial score (nSPS) is 11.6. The van der Waals surface area contributed by atoms with Crippen molar-refractivity contribution in [2.75, 3.05) is 7.11 Å². The summed E-state index contributed by atoms with van der Waals surface area (Å²) < 4.78 is 31.8. The lowest BCUT2D eigenvalue weighted by atomic mass is 9.95. The van der Waals surface area contributed by atoms with Crippen molar-refractivity contribution in [2.24, 2.45) is 5.73 Å². The summed E-state index contributed by atoms with van der Waals surface area (Å²) in [5.41, 5.74) is 5.04. The van der Waals surface area contributed by atoms with E-state index in [2.05, 4.69) is 0 Å². The van der Waals surface area contributed by atoms with E-state index in [1.54, 1.807) is 13.8 Å². The van der Waals surface area contributed by atoms with Gasteiger partial charge in [0.05, 0.1) is 7.11 Å². The van der Waals surface area contributed by atoms with Gasteiger partial charge in [-0.25, -0.2) is 8.78 Å². The van der Waals surface area contributed by atoms with Crippen LogP contribution in [0.1, 0.15) is 19.4 Å². The molecule has 0 atom stereocenters. The maximum absolute atomic E-state index is 13.6. The molecule has 0 heterocycles. The summed E-state index contributed by atoms with van der Waals surface area (Å²) in [5, 5.41) is 0. The molecule has 0 saturated carbocycles. The zero-order chi connectivity index (χ0) is 11.6. The molecule has 0 aliphatic heterocycles. The standard InChI is InChI=1S/C11H15F2NO/c1-11(2,14)6-7-8(12)4-5-9(15-3)10(7)13/h4-5H,6,14H2,1-3H3. The number of rotatable bonds is 3. The van der Waals surface area contributed by atoms with E-state index >= 15 is 0 Å². The Balaban J connectivity index is 3.15. The molecule has 0 aromatic heterocycles. The summed E-state index contributed by atoms with van der Waals surface area (Å²) in [5.74, 6) is -1.22. The fourth-order valence-electron chi connectivity index (χ4n) is 1.35. The van der Waals surface area contributed by atoms with Crippen LogP contribution in [0.15, 0.2) is 12.1 Å². The van der Waals surface area contributed by atoms with Gasteiger partial charge in [0, 0.05) is 11.1 Å². The van der Waals surface area contributed by atoms with Crippen LogP contribution in [-0.4, -0.2) is 12.6 Å². The van der Waals surface area contributed by atoms with Gasteiger partial charge in [0.1, 0.15) is 5.82 Å². The van der Waals surface area contributed by atoms with Crippen molar-refractivity contribution in [2.45, 2.75) is 25.8 Å². The van der Waals surface area contributed by atoms with E-state index in [1.165, 1.54) is 19.2 Å². The van der Waals surface area contributed by atoms with E-state index in [-0.39, 0.29) is 17.7 Å². The number of hydrogen-bond donors (Lipinski definition) is 1. The molecular weight excluding hydrogens is 200 g/mol. The number of nitrogens with two attached hydrogens (primary N) is 1. The Morgan fingerprint density at radius 1 is 1.33 bits per heavy atom. The number of ether oxygens (including phenoxy) is 1. The highest BCUT2D eigenvalue weighted by atomic mass is 19.1. The van der Waals surface area contributed by atoms with Crippen LogP contribution in [0.4, 0.5) is 8.78 Å². The molecule has 15 heavy (non-hydrogen) atoms. The Bertz CT molecular complexity index is 358. The molecule has 0 amide bonds. The van der Waals surface area contributed by atoms with Crippen LogP contribution in [-0.2, 0) is 6.42 Å². The van der Waals surface area contributed by atoms with Crippen LogP contribution in [0.25, 0.3) is 0 Å². The highest BCUT2D eigenvalue weighted by Gasteiger charge is 2.20. The van der Waals surface area contributed by atoms with Gasteiger partial charge < -0.3 is 10.5 Å². The lowest BCUT2D eigenvalue weighted by Gasteiger charge is -2.19. The molecule has 1 aromatic carbocycles. The number of hydrogen-bond acceptors (Lipinski definition) is 2. The average molecular weight is 215 g/mol. The fraction of sp³-hybridized carbons (Fsp3) is 0.455. The molecule has 84 valence electrons. The number of methoxy groups -OCH3 is 1. The third-order valence-corrected chi connectivity index (χ3v) is 2.00. The summed E-state index contributed by atoms with van der Waals surface area (Å²) in [6, 6.07) is 2.45. The minimum Gasteiger partial charge on any atom is -0.494 e. The Labute approximate surface area is 88.0 Å². The second-order valence-electron chi connectivity index (χ2n) is 4.21. The van der Waals surface area contributed by atoms with Crippen molar-refractivity contribution in [1.82, 2.24) is 0 Å². The van der Waals surface area contributed by atoms with E-state index in [9.17, 15) is 8.78 Å². The Hall–Kier alpha value is -1.16. The van der Waals surface area contributed by atoms with Gasteiger partial charge in [0.2, 0.25) is 0 Å². The minimum atomic E-state index is -0.670. The van der Waals surface area contributed by atoms with Gasteiger partial charge in [0.25, 0.3) is 0 Å². The van der Waals surface area contributed by atoms with Crippen LogP contribution >= 0.6 is 0 Å². The second kappa shape index (κ2) is 4.14. The Kier molecular flexibility index (Phi) is 3.29. The quantitative estimate of drug-likeness (QED) is 0.839. The predicted octanol–water partition coefficient (Wildman–Crippen LogP) is 2.25. The van der Waals surface area contributed by atoms with Gasteiger partial charge >= 0.3 is 0 Å². The van der Waals surface area contributed by atoms with Gasteiger partial charge in [-0.1, -0.05) is 0 Å². The molecule has 0 aliphatic rings. The molecule has 0 aliphatic carbocycles. The second-order valence-corrected chi connectivity index (χ2v) is 4.21. The molecule has 0 unspecified atom stereocenters. The molecule has 2 nitrogen and oxygen atoms in total. The van der Waals surface area contributed by atoms with E-state index in [1.807, 2.05) is 0 Å². The first kappa shape index (κ1) is 11.9. The van der Waals surface area contributed by atoms with Crippen LogP contribution in [0.5, 0.6) is 5.75 Å². The first-order chi connectivity index (χ1) is 6.85.